The van der Waals surface area contributed by atoms with E-state index in [4.69, 9.17) is 58.0 Å². The lowest BCUT2D eigenvalue weighted by Gasteiger charge is -2.10. The van der Waals surface area contributed by atoms with Gasteiger partial charge in [0.25, 0.3) is 5.91 Å². The van der Waals surface area contributed by atoms with E-state index in [0.717, 1.165) is 12.1 Å². The monoisotopic (exact) mass is 562 g/mol. The Bertz CT molecular complexity index is 1280. The highest BCUT2D eigenvalue weighted by atomic mass is 35.5. The van der Waals surface area contributed by atoms with E-state index in [1.807, 2.05) is 0 Å². The number of carbonyl (C=O) groups excluding carboxylic acids is 2. The van der Waals surface area contributed by atoms with Crippen molar-refractivity contribution in [1.82, 2.24) is 0 Å². The first-order chi connectivity index (χ1) is 16.0. The topological polar surface area (TPSA) is 58.2 Å². The predicted octanol–water partition coefficient (Wildman–Crippen LogP) is 7.70. The van der Waals surface area contributed by atoms with Gasteiger partial charge in [-0.3, -0.25) is 9.59 Å². The van der Waals surface area contributed by atoms with E-state index in [1.165, 1.54) is 18.2 Å². The Morgan fingerprint density at radius 2 is 1.41 bits per heavy atom. The van der Waals surface area contributed by atoms with Gasteiger partial charge in [0.15, 0.2) is 0 Å². The molecule has 1 saturated carbocycles. The summed E-state index contributed by atoms with van der Waals surface area (Å²) in [6.45, 7) is 0. The van der Waals surface area contributed by atoms with Crippen LogP contribution in [0.15, 0.2) is 54.6 Å². The van der Waals surface area contributed by atoms with Gasteiger partial charge >= 0.3 is 0 Å². The third-order valence-electron chi connectivity index (χ3n) is 5.18. The number of amides is 2. The maximum Gasteiger partial charge on any atom is 0.257 e. The first kappa shape index (κ1) is 25.0. The van der Waals surface area contributed by atoms with Crippen molar-refractivity contribution in [3.8, 4) is 0 Å². The quantitative estimate of drug-likeness (QED) is 0.312. The number of benzene rings is 3. The second kappa shape index (κ2) is 9.51. The lowest BCUT2D eigenvalue weighted by atomic mass is 10.1. The minimum atomic E-state index is -1.38. The molecule has 2 N–H and O–H groups in total. The van der Waals surface area contributed by atoms with Gasteiger partial charge in [0.05, 0.1) is 16.5 Å². The van der Waals surface area contributed by atoms with E-state index in [1.54, 1.807) is 18.2 Å². The molecule has 1 aliphatic carbocycles. The zero-order valence-electron chi connectivity index (χ0n) is 16.8. The van der Waals surface area contributed by atoms with Crippen molar-refractivity contribution >= 4 is 81.2 Å². The van der Waals surface area contributed by atoms with Crippen molar-refractivity contribution in [3.63, 3.8) is 0 Å². The second-order valence-corrected chi connectivity index (χ2v) is 10.4. The summed E-state index contributed by atoms with van der Waals surface area (Å²) >= 11 is 30.9. The zero-order chi connectivity index (χ0) is 24.8. The maximum absolute atomic E-state index is 13.4. The lowest BCUT2D eigenvalue weighted by molar-refractivity contribution is -0.117. The maximum atomic E-state index is 13.4. The smallest absolute Gasteiger partial charge is 0.257 e. The van der Waals surface area contributed by atoms with Crippen LogP contribution in [-0.2, 0) is 4.79 Å². The number of anilines is 2. The Morgan fingerprint density at radius 3 is 2.03 bits per heavy atom. The molecule has 2 atom stereocenters. The minimum Gasteiger partial charge on any atom is -0.326 e. The van der Waals surface area contributed by atoms with Crippen molar-refractivity contribution in [2.75, 3.05) is 10.6 Å². The molecular weight excluding hydrogens is 552 g/mol. The van der Waals surface area contributed by atoms with Gasteiger partial charge in [0.2, 0.25) is 5.91 Å². The van der Waals surface area contributed by atoms with Crippen molar-refractivity contribution in [2.24, 2.45) is 5.92 Å². The Labute approximate surface area is 218 Å². The average Bonchev–Trinajstić information content (AvgIpc) is 3.30. The number of carbonyl (C=O) groups is 2. The summed E-state index contributed by atoms with van der Waals surface area (Å²) in [5.74, 6) is -4.29. The summed E-state index contributed by atoms with van der Waals surface area (Å²) in [6.07, 6.45) is 0. The number of hydrogen-bond acceptors (Lipinski definition) is 2. The SMILES string of the molecule is O=C(Nc1cc(F)cc(F)c1)c1cc(NC(=O)[C@H]2[C@H](c3cc(Cl)cc(Cl)c3)C2(Cl)Cl)ccc1Cl. The molecule has 0 heterocycles. The van der Waals surface area contributed by atoms with Gasteiger partial charge in [0, 0.05) is 33.4 Å². The van der Waals surface area contributed by atoms with Crippen molar-refractivity contribution in [2.45, 2.75) is 10.3 Å². The molecule has 34 heavy (non-hydrogen) atoms. The molecule has 3 aromatic rings. The van der Waals surface area contributed by atoms with E-state index >= 15 is 0 Å². The molecular formula is C23H13Cl5F2N2O2. The predicted molar refractivity (Wildman–Crippen MR) is 132 cm³/mol. The van der Waals surface area contributed by atoms with Gasteiger partial charge in [-0.25, -0.2) is 8.78 Å². The first-order valence-electron chi connectivity index (χ1n) is 9.67. The van der Waals surface area contributed by atoms with Crippen LogP contribution < -0.4 is 10.6 Å². The van der Waals surface area contributed by atoms with Crippen LogP contribution >= 0.6 is 58.0 Å². The molecule has 0 saturated heterocycles. The van der Waals surface area contributed by atoms with Gasteiger partial charge in [-0.05, 0) is 54.1 Å². The fourth-order valence-corrected chi connectivity index (χ4v) is 5.22. The van der Waals surface area contributed by atoms with Gasteiger partial charge in [-0.2, -0.15) is 0 Å². The molecule has 0 bridgehead atoms. The first-order valence-corrected chi connectivity index (χ1v) is 11.6. The molecule has 3 aromatic carbocycles. The molecule has 0 radical (unpaired) electrons. The summed E-state index contributed by atoms with van der Waals surface area (Å²) in [4.78, 5) is 25.5. The van der Waals surface area contributed by atoms with E-state index in [0.29, 0.717) is 21.7 Å². The van der Waals surface area contributed by atoms with Crippen molar-refractivity contribution in [3.05, 3.63) is 92.4 Å². The minimum absolute atomic E-state index is 0.0267. The Morgan fingerprint density at radius 1 is 0.794 bits per heavy atom. The van der Waals surface area contributed by atoms with Gasteiger partial charge < -0.3 is 10.6 Å². The lowest BCUT2D eigenvalue weighted by Crippen LogP contribution is -2.18. The summed E-state index contributed by atoms with van der Waals surface area (Å²) in [5.41, 5.74) is 0.731. The van der Waals surface area contributed by atoms with E-state index in [-0.39, 0.29) is 22.0 Å². The summed E-state index contributed by atoms with van der Waals surface area (Å²) in [6, 6.07) is 11.6. The number of hydrogen-bond donors (Lipinski definition) is 2. The van der Waals surface area contributed by atoms with Crippen LogP contribution in [0.5, 0.6) is 0 Å². The van der Waals surface area contributed by atoms with Crippen LogP contribution in [-0.4, -0.2) is 16.1 Å². The fourth-order valence-electron chi connectivity index (χ4n) is 3.64. The molecule has 11 heteroatoms. The van der Waals surface area contributed by atoms with E-state index in [2.05, 4.69) is 10.6 Å². The Balaban J connectivity index is 1.52. The second-order valence-electron chi connectivity index (χ2n) is 7.63. The molecule has 0 unspecified atom stereocenters. The third kappa shape index (κ3) is 5.26. The number of halogens is 7. The standard InChI is InChI=1S/C23H13Cl5F2N2O2/c24-11-3-10(4-12(25)5-11)19-20(23(19,27)28)22(34)31-15-1-2-18(26)17(9-15)21(33)32-16-7-13(29)6-14(30)8-16/h1-9,19-20H,(H,31,34)(H,32,33)/t19-,20+/m0/s1. The highest BCUT2D eigenvalue weighted by Gasteiger charge is 2.67. The van der Waals surface area contributed by atoms with E-state index < -0.39 is 39.6 Å². The van der Waals surface area contributed by atoms with Gasteiger partial charge in [-0.1, -0.05) is 34.8 Å². The molecule has 4 rings (SSSR count). The van der Waals surface area contributed by atoms with E-state index in [9.17, 15) is 18.4 Å². The van der Waals surface area contributed by atoms with Crippen LogP contribution in [0.3, 0.4) is 0 Å². The van der Waals surface area contributed by atoms with Crippen LogP contribution in [0.4, 0.5) is 20.2 Å². The van der Waals surface area contributed by atoms with Crippen LogP contribution in [0.25, 0.3) is 0 Å². The highest BCUT2D eigenvalue weighted by molar-refractivity contribution is 6.53. The molecule has 176 valence electrons. The normalized spacial score (nSPS) is 18.3. The Hall–Kier alpha value is -2.09. The third-order valence-corrected chi connectivity index (χ3v) is 6.89. The summed E-state index contributed by atoms with van der Waals surface area (Å²) in [7, 11) is 0. The number of rotatable bonds is 5. The van der Waals surface area contributed by atoms with Crippen LogP contribution in [0.2, 0.25) is 15.1 Å². The molecule has 0 aromatic heterocycles. The summed E-state index contributed by atoms with van der Waals surface area (Å²) in [5, 5.41) is 5.85. The van der Waals surface area contributed by atoms with Crippen LogP contribution in [0, 0.1) is 17.6 Å². The molecule has 4 nitrogen and oxygen atoms in total. The van der Waals surface area contributed by atoms with Gasteiger partial charge in [-0.15, -0.1) is 23.2 Å². The number of alkyl halides is 2. The Kier molecular flexibility index (Phi) is 7.00. The summed E-state index contributed by atoms with van der Waals surface area (Å²) < 4.78 is 25.4. The average molecular weight is 565 g/mol. The molecule has 2 amide bonds. The van der Waals surface area contributed by atoms with Crippen molar-refractivity contribution in [1.29, 1.82) is 0 Å². The molecule has 0 aliphatic heterocycles. The van der Waals surface area contributed by atoms with Crippen LogP contribution in [0.1, 0.15) is 21.8 Å². The number of nitrogens with one attached hydrogen (secondary N) is 2. The fraction of sp³-hybridized carbons (Fsp3) is 0.130. The largest absolute Gasteiger partial charge is 0.326 e. The molecule has 1 aliphatic rings. The zero-order valence-corrected chi connectivity index (χ0v) is 20.6. The van der Waals surface area contributed by atoms with Gasteiger partial charge in [0.1, 0.15) is 16.0 Å². The molecule has 1 fully saturated rings. The highest BCUT2D eigenvalue weighted by Crippen LogP contribution is 2.65. The van der Waals surface area contributed by atoms with Crippen molar-refractivity contribution < 1.29 is 18.4 Å². The molecule has 0 spiro atoms.